The summed E-state index contributed by atoms with van der Waals surface area (Å²) in [5.41, 5.74) is -0.438. The molecule has 0 saturated carbocycles. The fraction of sp³-hybridized carbons (Fsp3) is 0.143. The maximum atomic E-state index is 12.7. The number of halogens is 4. The molecule has 0 aliphatic carbocycles. The number of nitrogens with zero attached hydrogens (tertiary/aromatic N) is 3. The smallest absolute Gasteiger partial charge is 0.280 e. The SMILES string of the molecule is Cc1nn2cc(S(=O)(=O)Nc3cccc(C(F)(F)F)c3)cnc2c1Cl. The molecule has 0 atom stereocenters. The molecule has 0 spiro atoms. The Morgan fingerprint density at radius 2 is 2.00 bits per heavy atom. The van der Waals surface area contributed by atoms with Gasteiger partial charge in [-0.25, -0.2) is 17.9 Å². The van der Waals surface area contributed by atoms with Crippen LogP contribution in [0.3, 0.4) is 0 Å². The van der Waals surface area contributed by atoms with Crippen LogP contribution in [0.4, 0.5) is 18.9 Å². The molecule has 3 aromatic rings. The monoisotopic (exact) mass is 390 g/mol. The molecule has 1 aromatic carbocycles. The van der Waals surface area contributed by atoms with Gasteiger partial charge in [-0.15, -0.1) is 0 Å². The molecule has 0 fully saturated rings. The second-order valence-corrected chi connectivity index (χ2v) is 7.20. The van der Waals surface area contributed by atoms with Crippen LogP contribution in [0.15, 0.2) is 41.6 Å². The molecule has 0 aliphatic rings. The van der Waals surface area contributed by atoms with Gasteiger partial charge < -0.3 is 0 Å². The molecule has 0 unspecified atom stereocenters. The van der Waals surface area contributed by atoms with Crippen LogP contribution in [0.25, 0.3) is 5.65 Å². The number of sulfonamides is 1. The standard InChI is InChI=1S/C14H10ClF3N4O2S/c1-8-12(15)13-19-6-11(7-22(13)20-8)25(23,24)21-10-4-2-3-9(5-10)14(16,17)18/h2-7,21H,1H3. The van der Waals surface area contributed by atoms with Gasteiger partial charge in [0, 0.05) is 5.69 Å². The summed E-state index contributed by atoms with van der Waals surface area (Å²) in [4.78, 5) is 3.67. The maximum absolute atomic E-state index is 12.7. The van der Waals surface area contributed by atoms with E-state index < -0.39 is 21.8 Å². The zero-order valence-corrected chi connectivity index (χ0v) is 14.1. The van der Waals surface area contributed by atoms with Crippen molar-refractivity contribution in [3.63, 3.8) is 0 Å². The van der Waals surface area contributed by atoms with E-state index in [0.29, 0.717) is 11.8 Å². The summed E-state index contributed by atoms with van der Waals surface area (Å²) in [6.07, 6.45) is -2.35. The van der Waals surface area contributed by atoms with Crippen molar-refractivity contribution >= 4 is 33.0 Å². The van der Waals surface area contributed by atoms with Gasteiger partial charge in [-0.3, -0.25) is 4.72 Å². The van der Waals surface area contributed by atoms with Crippen LogP contribution in [0, 0.1) is 6.92 Å². The molecule has 2 heterocycles. The summed E-state index contributed by atoms with van der Waals surface area (Å²) in [6, 6.07) is 3.88. The number of rotatable bonds is 3. The van der Waals surface area contributed by atoms with Crippen LogP contribution in [0.5, 0.6) is 0 Å². The Hall–Kier alpha value is -2.33. The van der Waals surface area contributed by atoms with Gasteiger partial charge in [0.15, 0.2) is 5.65 Å². The van der Waals surface area contributed by atoms with Crippen molar-refractivity contribution in [2.75, 3.05) is 4.72 Å². The van der Waals surface area contributed by atoms with E-state index in [0.717, 1.165) is 18.3 Å². The van der Waals surface area contributed by atoms with E-state index in [1.54, 1.807) is 6.92 Å². The topological polar surface area (TPSA) is 76.4 Å². The minimum Gasteiger partial charge on any atom is -0.280 e. The van der Waals surface area contributed by atoms with E-state index in [1.165, 1.54) is 16.8 Å². The third-order valence-electron chi connectivity index (χ3n) is 3.30. The number of nitrogens with one attached hydrogen (secondary N) is 1. The normalized spacial score (nSPS) is 12.5. The van der Waals surface area contributed by atoms with Gasteiger partial charge in [0.05, 0.1) is 23.7 Å². The summed E-state index contributed by atoms with van der Waals surface area (Å²) in [5.74, 6) is 0. The van der Waals surface area contributed by atoms with Crippen molar-refractivity contribution in [1.82, 2.24) is 14.6 Å². The highest BCUT2D eigenvalue weighted by atomic mass is 35.5. The van der Waals surface area contributed by atoms with Gasteiger partial charge in [-0.05, 0) is 25.1 Å². The van der Waals surface area contributed by atoms with E-state index in [2.05, 4.69) is 14.8 Å². The Balaban J connectivity index is 1.97. The summed E-state index contributed by atoms with van der Waals surface area (Å²) in [5, 5.41) is 4.31. The first-order valence-corrected chi connectivity index (χ1v) is 8.64. The van der Waals surface area contributed by atoms with E-state index in [9.17, 15) is 21.6 Å². The van der Waals surface area contributed by atoms with Crippen molar-refractivity contribution in [2.45, 2.75) is 18.0 Å². The first-order chi connectivity index (χ1) is 11.6. The Kier molecular flexibility index (Phi) is 4.12. The lowest BCUT2D eigenvalue weighted by Gasteiger charge is -2.11. The molecule has 0 radical (unpaired) electrons. The van der Waals surface area contributed by atoms with E-state index in [4.69, 9.17) is 11.6 Å². The molecule has 6 nitrogen and oxygen atoms in total. The molecular weight excluding hydrogens is 381 g/mol. The average Bonchev–Trinajstić information content (AvgIpc) is 2.80. The Labute approximate surface area is 145 Å². The lowest BCUT2D eigenvalue weighted by atomic mass is 10.2. The van der Waals surface area contributed by atoms with Gasteiger partial charge in [-0.1, -0.05) is 17.7 Å². The summed E-state index contributed by atoms with van der Waals surface area (Å²) < 4.78 is 66.2. The molecule has 0 amide bonds. The number of hydrogen-bond acceptors (Lipinski definition) is 4. The number of hydrogen-bond donors (Lipinski definition) is 1. The molecule has 1 N–H and O–H groups in total. The van der Waals surface area contributed by atoms with Crippen LogP contribution in [-0.2, 0) is 16.2 Å². The fourth-order valence-corrected chi connectivity index (χ4v) is 3.27. The Morgan fingerprint density at radius 3 is 2.68 bits per heavy atom. The first kappa shape index (κ1) is 17.5. The van der Waals surface area contributed by atoms with Crippen molar-refractivity contribution < 1.29 is 21.6 Å². The van der Waals surface area contributed by atoms with Crippen LogP contribution >= 0.6 is 11.6 Å². The predicted octanol–water partition coefficient (Wildman–Crippen LogP) is 3.51. The van der Waals surface area contributed by atoms with Gasteiger partial charge in [0.1, 0.15) is 9.92 Å². The van der Waals surface area contributed by atoms with Crippen LogP contribution in [0.1, 0.15) is 11.3 Å². The number of fused-ring (bicyclic) bond motifs is 1. The second-order valence-electron chi connectivity index (χ2n) is 5.14. The van der Waals surface area contributed by atoms with Gasteiger partial charge in [0.25, 0.3) is 10.0 Å². The first-order valence-electron chi connectivity index (χ1n) is 6.78. The molecule has 25 heavy (non-hydrogen) atoms. The van der Waals surface area contributed by atoms with Crippen LogP contribution in [-0.4, -0.2) is 23.0 Å². The van der Waals surface area contributed by atoms with Crippen molar-refractivity contribution in [3.8, 4) is 0 Å². The lowest BCUT2D eigenvalue weighted by molar-refractivity contribution is -0.137. The molecule has 0 bridgehead atoms. The predicted molar refractivity (Wildman–Crippen MR) is 85.0 cm³/mol. The molecule has 11 heteroatoms. The van der Waals surface area contributed by atoms with Crippen molar-refractivity contribution in [1.29, 1.82) is 0 Å². The lowest BCUT2D eigenvalue weighted by Crippen LogP contribution is -2.15. The van der Waals surface area contributed by atoms with Crippen LogP contribution in [0.2, 0.25) is 5.02 Å². The van der Waals surface area contributed by atoms with Crippen LogP contribution < -0.4 is 4.72 Å². The zero-order valence-electron chi connectivity index (χ0n) is 12.5. The van der Waals surface area contributed by atoms with Crippen molar-refractivity contribution in [3.05, 3.63) is 52.9 Å². The summed E-state index contributed by atoms with van der Waals surface area (Å²) >= 11 is 5.98. The van der Waals surface area contributed by atoms with E-state index in [-0.39, 0.29) is 21.3 Å². The summed E-state index contributed by atoms with van der Waals surface area (Å²) in [6.45, 7) is 1.63. The number of aryl methyl sites for hydroxylation is 1. The Morgan fingerprint density at radius 1 is 1.28 bits per heavy atom. The minimum atomic E-state index is -4.58. The fourth-order valence-electron chi connectivity index (χ4n) is 2.11. The Bertz CT molecular complexity index is 1060. The summed E-state index contributed by atoms with van der Waals surface area (Å²) in [7, 11) is -4.15. The molecule has 3 rings (SSSR count). The van der Waals surface area contributed by atoms with Gasteiger partial charge in [0.2, 0.25) is 0 Å². The van der Waals surface area contributed by atoms with Crippen molar-refractivity contribution in [2.24, 2.45) is 0 Å². The number of alkyl halides is 3. The third kappa shape index (κ3) is 3.40. The highest BCUT2D eigenvalue weighted by Gasteiger charge is 2.30. The number of aromatic nitrogens is 3. The average molecular weight is 391 g/mol. The molecular formula is C14H10ClF3N4O2S. The molecule has 132 valence electrons. The third-order valence-corrected chi connectivity index (χ3v) is 5.08. The largest absolute Gasteiger partial charge is 0.416 e. The highest BCUT2D eigenvalue weighted by Crippen LogP contribution is 2.31. The zero-order chi connectivity index (χ0) is 18.4. The minimum absolute atomic E-state index is 0.218. The van der Waals surface area contributed by atoms with E-state index in [1.807, 2.05) is 0 Å². The number of benzene rings is 1. The maximum Gasteiger partial charge on any atom is 0.416 e. The van der Waals surface area contributed by atoms with Gasteiger partial charge in [-0.2, -0.15) is 18.3 Å². The highest BCUT2D eigenvalue weighted by molar-refractivity contribution is 7.92. The second kappa shape index (κ2) is 5.88. The quantitative estimate of drug-likeness (QED) is 0.742. The number of anilines is 1. The molecule has 2 aromatic heterocycles. The van der Waals surface area contributed by atoms with E-state index >= 15 is 0 Å². The molecule has 0 aliphatic heterocycles. The molecule has 0 saturated heterocycles. The van der Waals surface area contributed by atoms with Gasteiger partial charge >= 0.3 is 6.18 Å².